The van der Waals surface area contributed by atoms with Crippen molar-refractivity contribution >= 4 is 0 Å². The molecule has 88 valence electrons. The molecule has 0 heterocycles. The Morgan fingerprint density at radius 3 is 2.40 bits per heavy atom. The highest BCUT2D eigenvalue weighted by molar-refractivity contribution is 4.91. The van der Waals surface area contributed by atoms with E-state index in [4.69, 9.17) is 0 Å². The standard InChI is InChI=1S/C13H26N2/c1-3-14-9-12-7-8-13(12)15(4-2)10-11-5-6-11/h11-14H,3-10H2,1-2H3. The molecule has 2 atom stereocenters. The predicted molar refractivity (Wildman–Crippen MR) is 65.0 cm³/mol. The molecule has 2 saturated carbocycles. The monoisotopic (exact) mass is 210 g/mol. The SMILES string of the molecule is CCNCC1CCC1N(CC)CC1CC1. The molecule has 0 spiro atoms. The molecule has 0 aromatic rings. The van der Waals surface area contributed by atoms with Gasteiger partial charge in [-0.1, -0.05) is 13.8 Å². The molecule has 1 N–H and O–H groups in total. The minimum absolute atomic E-state index is 0.898. The lowest BCUT2D eigenvalue weighted by atomic mass is 9.78. The molecule has 0 amide bonds. The van der Waals surface area contributed by atoms with Crippen LogP contribution in [0.4, 0.5) is 0 Å². The third-order valence-electron chi connectivity index (χ3n) is 4.10. The van der Waals surface area contributed by atoms with E-state index in [9.17, 15) is 0 Å². The van der Waals surface area contributed by atoms with E-state index in [0.29, 0.717) is 0 Å². The van der Waals surface area contributed by atoms with Crippen molar-refractivity contribution in [1.29, 1.82) is 0 Å². The summed E-state index contributed by atoms with van der Waals surface area (Å²) in [5.74, 6) is 1.98. The largest absolute Gasteiger partial charge is 0.317 e. The molecule has 2 nitrogen and oxygen atoms in total. The van der Waals surface area contributed by atoms with Gasteiger partial charge in [0.05, 0.1) is 0 Å². The van der Waals surface area contributed by atoms with Crippen LogP contribution in [-0.2, 0) is 0 Å². The van der Waals surface area contributed by atoms with Gasteiger partial charge in [-0.25, -0.2) is 0 Å². The van der Waals surface area contributed by atoms with Crippen LogP contribution in [0.2, 0.25) is 0 Å². The molecule has 0 bridgehead atoms. The van der Waals surface area contributed by atoms with Gasteiger partial charge in [0.1, 0.15) is 0 Å². The third-order valence-corrected chi connectivity index (χ3v) is 4.10. The van der Waals surface area contributed by atoms with E-state index in [1.807, 2.05) is 0 Å². The summed E-state index contributed by atoms with van der Waals surface area (Å²) >= 11 is 0. The molecular weight excluding hydrogens is 184 g/mol. The minimum atomic E-state index is 0.898. The van der Waals surface area contributed by atoms with Crippen molar-refractivity contribution in [2.45, 2.75) is 45.6 Å². The first kappa shape index (κ1) is 11.4. The predicted octanol–water partition coefficient (Wildman–Crippen LogP) is 2.11. The molecule has 2 aliphatic carbocycles. The smallest absolute Gasteiger partial charge is 0.0136 e. The molecule has 2 unspecified atom stereocenters. The van der Waals surface area contributed by atoms with Gasteiger partial charge < -0.3 is 10.2 Å². The van der Waals surface area contributed by atoms with Crippen LogP contribution in [0.25, 0.3) is 0 Å². The summed E-state index contributed by atoms with van der Waals surface area (Å²) in [4.78, 5) is 2.74. The van der Waals surface area contributed by atoms with Crippen LogP contribution in [0, 0.1) is 11.8 Å². The van der Waals surface area contributed by atoms with Crippen molar-refractivity contribution in [3.63, 3.8) is 0 Å². The van der Waals surface area contributed by atoms with E-state index >= 15 is 0 Å². The number of rotatable bonds is 7. The van der Waals surface area contributed by atoms with E-state index in [1.165, 1.54) is 45.3 Å². The second-order valence-electron chi connectivity index (χ2n) is 5.24. The van der Waals surface area contributed by atoms with Crippen LogP contribution in [0.15, 0.2) is 0 Å². The van der Waals surface area contributed by atoms with Gasteiger partial charge >= 0.3 is 0 Å². The van der Waals surface area contributed by atoms with Gasteiger partial charge in [-0.3, -0.25) is 0 Å². The van der Waals surface area contributed by atoms with Gasteiger partial charge in [-0.2, -0.15) is 0 Å². The highest BCUT2D eigenvalue weighted by Gasteiger charge is 2.36. The summed E-state index contributed by atoms with van der Waals surface area (Å²) in [7, 11) is 0. The number of hydrogen-bond acceptors (Lipinski definition) is 2. The normalized spacial score (nSPS) is 30.6. The summed E-state index contributed by atoms with van der Waals surface area (Å²) in [5.41, 5.74) is 0. The lowest BCUT2D eigenvalue weighted by Crippen LogP contribution is -2.51. The van der Waals surface area contributed by atoms with Gasteiger partial charge in [-0.15, -0.1) is 0 Å². The van der Waals surface area contributed by atoms with E-state index in [2.05, 4.69) is 24.1 Å². The van der Waals surface area contributed by atoms with Crippen LogP contribution in [0.5, 0.6) is 0 Å². The van der Waals surface area contributed by atoms with Crippen molar-refractivity contribution < 1.29 is 0 Å². The molecule has 0 saturated heterocycles. The van der Waals surface area contributed by atoms with E-state index in [-0.39, 0.29) is 0 Å². The van der Waals surface area contributed by atoms with Gasteiger partial charge in [-0.05, 0) is 57.2 Å². The van der Waals surface area contributed by atoms with Gasteiger partial charge in [0.15, 0.2) is 0 Å². The first-order valence-electron chi connectivity index (χ1n) is 6.79. The minimum Gasteiger partial charge on any atom is -0.317 e. The summed E-state index contributed by atoms with van der Waals surface area (Å²) < 4.78 is 0. The molecule has 2 fully saturated rings. The maximum Gasteiger partial charge on any atom is 0.0136 e. The quantitative estimate of drug-likeness (QED) is 0.692. The Morgan fingerprint density at radius 2 is 1.93 bits per heavy atom. The lowest BCUT2D eigenvalue weighted by Gasteiger charge is -2.44. The summed E-state index contributed by atoms with van der Waals surface area (Å²) in [6.07, 6.45) is 5.86. The Morgan fingerprint density at radius 1 is 1.13 bits per heavy atom. The van der Waals surface area contributed by atoms with Crippen LogP contribution in [-0.4, -0.2) is 37.1 Å². The molecule has 0 aromatic heterocycles. The molecule has 0 aromatic carbocycles. The molecule has 0 aliphatic heterocycles. The number of nitrogens with one attached hydrogen (secondary N) is 1. The average Bonchev–Trinajstić information content (AvgIpc) is 2.99. The molecular formula is C13H26N2. The topological polar surface area (TPSA) is 15.3 Å². The Labute approximate surface area is 94.4 Å². The van der Waals surface area contributed by atoms with Crippen molar-refractivity contribution in [2.75, 3.05) is 26.2 Å². The molecule has 2 aliphatic rings. The van der Waals surface area contributed by atoms with Crippen LogP contribution in [0.3, 0.4) is 0 Å². The van der Waals surface area contributed by atoms with E-state index in [1.54, 1.807) is 0 Å². The zero-order chi connectivity index (χ0) is 10.7. The molecule has 15 heavy (non-hydrogen) atoms. The first-order valence-corrected chi connectivity index (χ1v) is 6.79. The zero-order valence-corrected chi connectivity index (χ0v) is 10.3. The van der Waals surface area contributed by atoms with Crippen molar-refractivity contribution in [3.8, 4) is 0 Å². The second-order valence-corrected chi connectivity index (χ2v) is 5.24. The average molecular weight is 210 g/mol. The Kier molecular flexibility index (Phi) is 4.04. The maximum atomic E-state index is 3.50. The summed E-state index contributed by atoms with van der Waals surface area (Å²) in [5, 5.41) is 3.50. The number of hydrogen-bond donors (Lipinski definition) is 1. The highest BCUT2D eigenvalue weighted by Crippen LogP contribution is 2.36. The van der Waals surface area contributed by atoms with E-state index < -0.39 is 0 Å². The lowest BCUT2D eigenvalue weighted by molar-refractivity contribution is 0.0625. The summed E-state index contributed by atoms with van der Waals surface area (Å²) in [6.45, 7) is 9.52. The molecule has 0 radical (unpaired) electrons. The highest BCUT2D eigenvalue weighted by atomic mass is 15.2. The maximum absolute atomic E-state index is 3.50. The third kappa shape index (κ3) is 2.94. The second kappa shape index (κ2) is 5.31. The zero-order valence-electron chi connectivity index (χ0n) is 10.3. The van der Waals surface area contributed by atoms with Crippen molar-refractivity contribution in [3.05, 3.63) is 0 Å². The van der Waals surface area contributed by atoms with E-state index in [0.717, 1.165) is 24.4 Å². The van der Waals surface area contributed by atoms with Crippen LogP contribution >= 0.6 is 0 Å². The van der Waals surface area contributed by atoms with Crippen LogP contribution in [0.1, 0.15) is 39.5 Å². The van der Waals surface area contributed by atoms with Gasteiger partial charge in [0.2, 0.25) is 0 Å². The summed E-state index contributed by atoms with van der Waals surface area (Å²) in [6, 6.07) is 0.898. The Hall–Kier alpha value is -0.0800. The Balaban J connectivity index is 1.74. The fourth-order valence-corrected chi connectivity index (χ4v) is 2.73. The number of nitrogens with zero attached hydrogens (tertiary/aromatic N) is 1. The van der Waals surface area contributed by atoms with Crippen LogP contribution < -0.4 is 5.32 Å². The molecule has 2 rings (SSSR count). The fourth-order valence-electron chi connectivity index (χ4n) is 2.73. The fraction of sp³-hybridized carbons (Fsp3) is 1.00. The molecule has 2 heteroatoms. The van der Waals surface area contributed by atoms with Gasteiger partial charge in [0.25, 0.3) is 0 Å². The first-order chi connectivity index (χ1) is 7.35. The van der Waals surface area contributed by atoms with Crippen molar-refractivity contribution in [2.24, 2.45) is 11.8 Å². The van der Waals surface area contributed by atoms with Crippen molar-refractivity contribution in [1.82, 2.24) is 10.2 Å². The van der Waals surface area contributed by atoms with Gasteiger partial charge in [0, 0.05) is 12.6 Å². The Bertz CT molecular complexity index is 189.